The lowest BCUT2D eigenvalue weighted by Crippen LogP contribution is -2.28. The molecular formula is C12H11ClF3NO. The van der Waals surface area contributed by atoms with E-state index in [1.54, 1.807) is 18.2 Å². The number of phenolic OH excluding ortho intramolecular Hbond substituents is 1. The van der Waals surface area contributed by atoms with Crippen molar-refractivity contribution in [3.63, 3.8) is 0 Å². The number of fused-ring (bicyclic) bond motifs is 1. The molecule has 2 aromatic carbocycles. The largest absolute Gasteiger partial charge is 0.507 e. The van der Waals surface area contributed by atoms with Gasteiger partial charge in [-0.15, -0.1) is 12.4 Å². The molecule has 2 aromatic rings. The first-order valence-corrected chi connectivity index (χ1v) is 4.94. The molecule has 18 heavy (non-hydrogen) atoms. The van der Waals surface area contributed by atoms with E-state index in [-0.39, 0.29) is 23.7 Å². The molecule has 0 radical (unpaired) electrons. The third-order valence-electron chi connectivity index (χ3n) is 2.62. The number of phenols is 1. The Hall–Kier alpha value is -1.46. The van der Waals surface area contributed by atoms with Crippen molar-refractivity contribution in [1.29, 1.82) is 0 Å². The minimum absolute atomic E-state index is 0. The Morgan fingerprint density at radius 3 is 2.11 bits per heavy atom. The van der Waals surface area contributed by atoms with Crippen LogP contribution in [0.5, 0.6) is 5.75 Å². The van der Waals surface area contributed by atoms with Crippen molar-refractivity contribution in [2.75, 3.05) is 0 Å². The minimum Gasteiger partial charge on any atom is -0.507 e. The summed E-state index contributed by atoms with van der Waals surface area (Å²) in [4.78, 5) is 0. The molecule has 0 saturated heterocycles. The van der Waals surface area contributed by atoms with Gasteiger partial charge in [-0.05, 0) is 17.0 Å². The number of halogens is 4. The fourth-order valence-electron chi connectivity index (χ4n) is 1.75. The van der Waals surface area contributed by atoms with Gasteiger partial charge in [0, 0.05) is 5.39 Å². The second kappa shape index (κ2) is 5.04. The van der Waals surface area contributed by atoms with Gasteiger partial charge in [0.05, 0.1) is 0 Å². The first-order valence-electron chi connectivity index (χ1n) is 4.94. The lowest BCUT2D eigenvalue weighted by Gasteiger charge is -2.18. The smallest absolute Gasteiger partial charge is 0.407 e. The normalized spacial score (nSPS) is 13.1. The third kappa shape index (κ3) is 2.52. The van der Waals surface area contributed by atoms with Crippen LogP contribution < -0.4 is 5.73 Å². The number of rotatable bonds is 1. The number of benzene rings is 2. The van der Waals surface area contributed by atoms with Crippen molar-refractivity contribution >= 4 is 23.2 Å². The monoisotopic (exact) mass is 277 g/mol. The Balaban J connectivity index is 0.00000162. The summed E-state index contributed by atoms with van der Waals surface area (Å²) in [5.41, 5.74) is 5.15. The molecule has 0 spiro atoms. The Kier molecular flexibility index (Phi) is 4.09. The van der Waals surface area contributed by atoms with Gasteiger partial charge in [-0.3, -0.25) is 0 Å². The maximum absolute atomic E-state index is 12.6. The predicted octanol–water partition coefficient (Wildman–Crippen LogP) is 3.53. The highest BCUT2D eigenvalue weighted by Gasteiger charge is 2.38. The van der Waals surface area contributed by atoms with Crippen LogP contribution in [0.25, 0.3) is 10.8 Å². The number of alkyl halides is 3. The van der Waals surface area contributed by atoms with Gasteiger partial charge in [-0.25, -0.2) is 0 Å². The lowest BCUT2D eigenvalue weighted by atomic mass is 9.98. The van der Waals surface area contributed by atoms with E-state index in [0.29, 0.717) is 10.8 Å². The lowest BCUT2D eigenvalue weighted by molar-refractivity contribution is -0.148. The molecule has 0 amide bonds. The standard InChI is InChI=1S/C12H10F3NO.ClH/c13-12(14,15)11(16)9-5-6-10(17)8-4-2-1-3-7(8)9;/h1-6,11,17H,16H2;1H/t11-;/m0./s1. The molecule has 0 aliphatic heterocycles. The van der Waals surface area contributed by atoms with Gasteiger partial charge in [-0.1, -0.05) is 30.3 Å². The molecule has 0 bridgehead atoms. The first-order chi connectivity index (χ1) is 7.91. The van der Waals surface area contributed by atoms with Crippen molar-refractivity contribution in [2.24, 2.45) is 5.73 Å². The second-order valence-electron chi connectivity index (χ2n) is 3.74. The Morgan fingerprint density at radius 2 is 1.56 bits per heavy atom. The van der Waals surface area contributed by atoms with Crippen molar-refractivity contribution < 1.29 is 18.3 Å². The Morgan fingerprint density at radius 1 is 1.00 bits per heavy atom. The fraction of sp³-hybridized carbons (Fsp3) is 0.167. The summed E-state index contributed by atoms with van der Waals surface area (Å²) in [6.45, 7) is 0. The number of hydrogen-bond donors (Lipinski definition) is 2. The molecule has 0 heterocycles. The number of nitrogens with two attached hydrogens (primary N) is 1. The summed E-state index contributed by atoms with van der Waals surface area (Å²) in [6, 6.07) is 6.69. The molecule has 98 valence electrons. The van der Waals surface area contributed by atoms with Crippen molar-refractivity contribution in [2.45, 2.75) is 12.2 Å². The molecule has 0 aliphatic carbocycles. The van der Waals surface area contributed by atoms with Crippen LogP contribution in [-0.2, 0) is 0 Å². The van der Waals surface area contributed by atoms with E-state index in [0.717, 1.165) is 0 Å². The van der Waals surface area contributed by atoms with Crippen LogP contribution in [0.1, 0.15) is 11.6 Å². The maximum atomic E-state index is 12.6. The molecule has 3 N–H and O–H groups in total. The van der Waals surface area contributed by atoms with Gasteiger partial charge in [0.25, 0.3) is 0 Å². The highest BCUT2D eigenvalue weighted by atomic mass is 35.5. The molecule has 6 heteroatoms. The third-order valence-corrected chi connectivity index (χ3v) is 2.62. The summed E-state index contributed by atoms with van der Waals surface area (Å²) in [7, 11) is 0. The predicted molar refractivity (Wildman–Crippen MR) is 65.8 cm³/mol. The molecule has 0 unspecified atom stereocenters. The summed E-state index contributed by atoms with van der Waals surface area (Å²) >= 11 is 0. The van der Waals surface area contributed by atoms with E-state index >= 15 is 0 Å². The summed E-state index contributed by atoms with van der Waals surface area (Å²) in [5, 5.41) is 10.2. The molecule has 1 atom stereocenters. The molecule has 0 aromatic heterocycles. The van der Waals surface area contributed by atoms with Gasteiger partial charge >= 0.3 is 6.18 Å². The van der Waals surface area contributed by atoms with Crippen LogP contribution >= 0.6 is 12.4 Å². The Labute approximate surface area is 108 Å². The van der Waals surface area contributed by atoms with E-state index in [4.69, 9.17) is 5.73 Å². The molecule has 0 aliphatic rings. The zero-order valence-corrected chi connectivity index (χ0v) is 9.92. The zero-order valence-electron chi connectivity index (χ0n) is 9.11. The van der Waals surface area contributed by atoms with Crippen LogP contribution in [0.4, 0.5) is 13.2 Å². The fourth-order valence-corrected chi connectivity index (χ4v) is 1.75. The zero-order chi connectivity index (χ0) is 12.6. The molecular weight excluding hydrogens is 267 g/mol. The van der Waals surface area contributed by atoms with Crippen molar-refractivity contribution in [3.05, 3.63) is 42.0 Å². The second-order valence-corrected chi connectivity index (χ2v) is 3.74. The molecule has 0 saturated carbocycles. The van der Waals surface area contributed by atoms with Gasteiger partial charge < -0.3 is 10.8 Å². The quantitative estimate of drug-likeness (QED) is 0.838. The number of hydrogen-bond acceptors (Lipinski definition) is 2. The first kappa shape index (κ1) is 14.6. The van der Waals surface area contributed by atoms with E-state index in [1.807, 2.05) is 0 Å². The SMILES string of the molecule is Cl.N[C@@H](c1ccc(O)c2ccccc12)C(F)(F)F. The van der Waals surface area contributed by atoms with E-state index in [1.165, 1.54) is 18.2 Å². The van der Waals surface area contributed by atoms with Gasteiger partial charge in [-0.2, -0.15) is 13.2 Å². The average molecular weight is 278 g/mol. The van der Waals surface area contributed by atoms with Crippen LogP contribution in [0.3, 0.4) is 0 Å². The minimum atomic E-state index is -4.50. The maximum Gasteiger partial charge on any atom is 0.407 e. The summed E-state index contributed by atoms with van der Waals surface area (Å²) in [6.07, 6.45) is -4.50. The Bertz CT molecular complexity index is 557. The topological polar surface area (TPSA) is 46.2 Å². The van der Waals surface area contributed by atoms with Crippen molar-refractivity contribution in [3.8, 4) is 5.75 Å². The molecule has 2 nitrogen and oxygen atoms in total. The summed E-state index contributed by atoms with van der Waals surface area (Å²) in [5.74, 6) is -0.0567. The van der Waals surface area contributed by atoms with E-state index < -0.39 is 12.2 Å². The van der Waals surface area contributed by atoms with Crippen molar-refractivity contribution in [1.82, 2.24) is 0 Å². The van der Waals surface area contributed by atoms with Crippen LogP contribution in [0.15, 0.2) is 36.4 Å². The van der Waals surface area contributed by atoms with Crippen LogP contribution in [0.2, 0.25) is 0 Å². The van der Waals surface area contributed by atoms with E-state index in [2.05, 4.69) is 0 Å². The summed E-state index contributed by atoms with van der Waals surface area (Å²) < 4.78 is 37.7. The van der Waals surface area contributed by atoms with Gasteiger partial charge in [0.15, 0.2) is 0 Å². The van der Waals surface area contributed by atoms with Crippen LogP contribution in [0, 0.1) is 0 Å². The highest BCUT2D eigenvalue weighted by Crippen LogP contribution is 2.36. The molecule has 2 rings (SSSR count). The highest BCUT2D eigenvalue weighted by molar-refractivity contribution is 5.91. The van der Waals surface area contributed by atoms with Crippen LogP contribution in [-0.4, -0.2) is 11.3 Å². The van der Waals surface area contributed by atoms with E-state index in [9.17, 15) is 18.3 Å². The molecule has 0 fully saturated rings. The number of aromatic hydroxyl groups is 1. The average Bonchev–Trinajstić information content (AvgIpc) is 2.28. The van der Waals surface area contributed by atoms with Gasteiger partial charge in [0.2, 0.25) is 0 Å². The van der Waals surface area contributed by atoms with Gasteiger partial charge in [0.1, 0.15) is 11.8 Å².